The van der Waals surface area contributed by atoms with Crippen molar-refractivity contribution in [3.8, 4) is 0 Å². The number of hydrogen-bond donors (Lipinski definition) is 0. The Labute approximate surface area is 147 Å². The van der Waals surface area contributed by atoms with E-state index in [0.717, 1.165) is 10.5 Å². The Kier molecular flexibility index (Phi) is 5.50. The second kappa shape index (κ2) is 6.92. The third kappa shape index (κ3) is 4.03. The summed E-state index contributed by atoms with van der Waals surface area (Å²) in [6.45, 7) is 8.19. The number of alkyl halides is 1. The number of thioether (sulfide) groups is 1. The van der Waals surface area contributed by atoms with Crippen LogP contribution in [0.3, 0.4) is 0 Å². The Morgan fingerprint density at radius 3 is 2.38 bits per heavy atom. The summed E-state index contributed by atoms with van der Waals surface area (Å²) in [5, 5.41) is 0. The van der Waals surface area contributed by atoms with Crippen molar-refractivity contribution < 1.29 is 18.7 Å². The number of nitrogens with zero attached hydrogens (tertiary/aromatic N) is 1. The van der Waals surface area contributed by atoms with Crippen LogP contribution in [0.2, 0.25) is 0 Å². The molecule has 0 saturated carbocycles. The van der Waals surface area contributed by atoms with E-state index >= 15 is 0 Å². The fourth-order valence-electron chi connectivity index (χ4n) is 2.88. The van der Waals surface area contributed by atoms with Crippen molar-refractivity contribution in [2.24, 2.45) is 0 Å². The van der Waals surface area contributed by atoms with Crippen LogP contribution in [0.5, 0.6) is 0 Å². The fourth-order valence-corrected chi connectivity index (χ4v) is 3.29. The van der Waals surface area contributed by atoms with Gasteiger partial charge in [0.1, 0.15) is 24.1 Å². The zero-order valence-electron chi connectivity index (χ0n) is 15.1. The van der Waals surface area contributed by atoms with Gasteiger partial charge in [0.05, 0.1) is 6.04 Å². The summed E-state index contributed by atoms with van der Waals surface area (Å²) in [6.07, 6.45) is 0.922. The number of halogens is 1. The second-order valence-corrected chi connectivity index (χ2v) is 8.21. The fraction of sp³-hybridized carbons (Fsp3) is 0.611. The van der Waals surface area contributed by atoms with Gasteiger partial charge in [0.15, 0.2) is 0 Å². The highest BCUT2D eigenvalue weighted by atomic mass is 32.2. The molecule has 1 amide bonds. The van der Waals surface area contributed by atoms with Gasteiger partial charge in [-0.2, -0.15) is 0 Å². The molecule has 134 valence electrons. The first-order valence-corrected chi connectivity index (χ1v) is 9.21. The molecule has 0 N–H and O–H groups in total. The van der Waals surface area contributed by atoms with Crippen molar-refractivity contribution in [2.75, 3.05) is 12.9 Å². The van der Waals surface area contributed by atoms with Gasteiger partial charge in [0.2, 0.25) is 0 Å². The predicted molar refractivity (Wildman–Crippen MR) is 94.0 cm³/mol. The van der Waals surface area contributed by atoms with E-state index in [0.29, 0.717) is 0 Å². The lowest BCUT2D eigenvalue weighted by Gasteiger charge is -2.34. The van der Waals surface area contributed by atoms with Gasteiger partial charge in [-0.15, -0.1) is 11.8 Å². The molecular weight excluding hydrogens is 329 g/mol. The molecule has 1 aromatic rings. The maximum absolute atomic E-state index is 13.8. The number of ether oxygens (including phenoxy) is 2. The molecule has 4 nitrogen and oxygen atoms in total. The summed E-state index contributed by atoms with van der Waals surface area (Å²) in [5.41, 5.74) is -0.733. The van der Waals surface area contributed by atoms with Crippen LogP contribution in [0.25, 0.3) is 0 Å². The first kappa shape index (κ1) is 19.1. The average molecular weight is 355 g/mol. The molecule has 1 saturated heterocycles. The highest BCUT2D eigenvalue weighted by Gasteiger charge is 2.51. The molecule has 1 heterocycles. The minimum Gasteiger partial charge on any atom is -0.444 e. The third-order valence-electron chi connectivity index (χ3n) is 3.87. The normalized spacial score (nSPS) is 23.4. The van der Waals surface area contributed by atoms with E-state index in [2.05, 4.69) is 0 Å². The smallest absolute Gasteiger partial charge is 0.413 e. The molecule has 0 aliphatic carbocycles. The Hall–Kier alpha value is -1.27. The summed E-state index contributed by atoms with van der Waals surface area (Å²) >= 11 is 1.64. The minimum atomic E-state index is -0.943. The number of hydrogen-bond acceptors (Lipinski definition) is 4. The van der Waals surface area contributed by atoms with Crippen molar-refractivity contribution in [3.05, 3.63) is 29.8 Å². The van der Waals surface area contributed by atoms with Crippen molar-refractivity contribution in [1.29, 1.82) is 0 Å². The first-order chi connectivity index (χ1) is 11.1. The Morgan fingerprint density at radius 2 is 1.92 bits per heavy atom. The number of amides is 1. The van der Waals surface area contributed by atoms with E-state index in [9.17, 15) is 9.18 Å². The monoisotopic (exact) mass is 355 g/mol. The summed E-state index contributed by atoms with van der Waals surface area (Å²) in [4.78, 5) is 15.1. The van der Waals surface area contributed by atoms with Crippen molar-refractivity contribution in [3.63, 3.8) is 0 Å². The van der Waals surface area contributed by atoms with Gasteiger partial charge in [0, 0.05) is 4.90 Å². The molecule has 0 aromatic heterocycles. The Balaban J connectivity index is 2.30. The molecule has 0 bridgehead atoms. The van der Waals surface area contributed by atoms with Gasteiger partial charge < -0.3 is 9.47 Å². The van der Waals surface area contributed by atoms with E-state index in [4.69, 9.17) is 9.47 Å². The Morgan fingerprint density at radius 1 is 1.33 bits per heavy atom. The summed E-state index contributed by atoms with van der Waals surface area (Å²) in [6, 6.07) is 7.08. The molecule has 6 heteroatoms. The molecule has 0 spiro atoms. The SMILES string of the molecule is CSc1ccc(C2OC(C)(C)N(C(=O)OC(C)(C)C)C2CF)cc1. The first-order valence-electron chi connectivity index (χ1n) is 7.99. The third-order valence-corrected chi connectivity index (χ3v) is 4.61. The predicted octanol–water partition coefficient (Wildman–Crippen LogP) is 4.79. The maximum atomic E-state index is 13.8. The summed E-state index contributed by atoms with van der Waals surface area (Å²) < 4.78 is 25.3. The van der Waals surface area contributed by atoms with E-state index < -0.39 is 36.2 Å². The van der Waals surface area contributed by atoms with Gasteiger partial charge >= 0.3 is 6.09 Å². The van der Waals surface area contributed by atoms with E-state index in [1.807, 2.05) is 30.5 Å². The van der Waals surface area contributed by atoms with Gasteiger partial charge in [-0.05, 0) is 58.6 Å². The standard InChI is InChI=1S/C18H26FNO3S/c1-17(2,3)23-16(21)20-14(11-19)15(22-18(20,4)5)12-7-9-13(24-6)10-8-12/h7-10,14-15H,11H2,1-6H3. The number of rotatable bonds is 3. The van der Waals surface area contributed by atoms with E-state index in [1.165, 1.54) is 4.90 Å². The van der Waals surface area contributed by atoms with Gasteiger partial charge in [-0.1, -0.05) is 12.1 Å². The zero-order valence-corrected chi connectivity index (χ0v) is 15.9. The van der Waals surface area contributed by atoms with Crippen LogP contribution in [0.1, 0.15) is 46.3 Å². The summed E-state index contributed by atoms with van der Waals surface area (Å²) in [7, 11) is 0. The highest BCUT2D eigenvalue weighted by Crippen LogP contribution is 2.42. The molecule has 1 aliphatic rings. The Bertz CT molecular complexity index is 583. The number of carbonyl (C=O) groups excluding carboxylic acids is 1. The molecule has 1 aromatic carbocycles. The average Bonchev–Trinajstić information content (AvgIpc) is 2.76. The lowest BCUT2D eigenvalue weighted by Crippen LogP contribution is -2.50. The molecule has 2 rings (SSSR count). The summed E-state index contributed by atoms with van der Waals surface area (Å²) in [5.74, 6) is 0. The molecule has 1 aliphatic heterocycles. The lowest BCUT2D eigenvalue weighted by molar-refractivity contribution is -0.0797. The quantitative estimate of drug-likeness (QED) is 0.731. The molecule has 2 atom stereocenters. The second-order valence-electron chi connectivity index (χ2n) is 7.33. The molecule has 0 radical (unpaired) electrons. The molecule has 1 fully saturated rings. The highest BCUT2D eigenvalue weighted by molar-refractivity contribution is 7.98. The van der Waals surface area contributed by atoms with Crippen LogP contribution in [0, 0.1) is 0 Å². The van der Waals surface area contributed by atoms with Crippen LogP contribution >= 0.6 is 11.8 Å². The van der Waals surface area contributed by atoms with Gasteiger partial charge in [-0.3, -0.25) is 4.90 Å². The minimum absolute atomic E-state index is 0.520. The molecule has 24 heavy (non-hydrogen) atoms. The van der Waals surface area contributed by atoms with Crippen LogP contribution < -0.4 is 0 Å². The van der Waals surface area contributed by atoms with Crippen LogP contribution in [0.15, 0.2) is 29.2 Å². The van der Waals surface area contributed by atoms with Crippen molar-refractivity contribution in [2.45, 2.75) is 63.0 Å². The maximum Gasteiger partial charge on any atom is 0.413 e. The van der Waals surface area contributed by atoms with E-state index in [-0.39, 0.29) is 0 Å². The topological polar surface area (TPSA) is 38.8 Å². The van der Waals surface area contributed by atoms with Crippen molar-refractivity contribution in [1.82, 2.24) is 4.90 Å². The number of benzene rings is 1. The van der Waals surface area contributed by atoms with Gasteiger partial charge in [0.25, 0.3) is 0 Å². The lowest BCUT2D eigenvalue weighted by atomic mass is 10.0. The largest absolute Gasteiger partial charge is 0.444 e. The van der Waals surface area contributed by atoms with Crippen molar-refractivity contribution >= 4 is 17.9 Å². The molecule has 2 unspecified atom stereocenters. The van der Waals surface area contributed by atoms with Crippen LogP contribution in [0.4, 0.5) is 9.18 Å². The van der Waals surface area contributed by atoms with Gasteiger partial charge in [-0.25, -0.2) is 9.18 Å². The van der Waals surface area contributed by atoms with E-state index in [1.54, 1.807) is 46.4 Å². The number of carbonyl (C=O) groups is 1. The zero-order chi connectivity index (χ0) is 18.1. The van der Waals surface area contributed by atoms with Crippen LogP contribution in [-0.4, -0.2) is 41.3 Å². The molecular formula is C18H26FNO3S. The van der Waals surface area contributed by atoms with Crippen LogP contribution in [-0.2, 0) is 9.47 Å².